The zero-order valence-corrected chi connectivity index (χ0v) is 12.5. The van der Waals surface area contributed by atoms with E-state index in [-0.39, 0.29) is 24.1 Å². The lowest BCUT2D eigenvalue weighted by Gasteiger charge is -2.23. The Morgan fingerprint density at radius 1 is 1.23 bits per heavy atom. The smallest absolute Gasteiger partial charge is 0.307 e. The van der Waals surface area contributed by atoms with E-state index in [0.29, 0.717) is 0 Å². The number of hydrogen-bond acceptors (Lipinski definition) is 3. The van der Waals surface area contributed by atoms with Crippen molar-refractivity contribution < 1.29 is 4.79 Å². The maximum absolute atomic E-state index is 12.6. The molecule has 0 bridgehead atoms. The van der Waals surface area contributed by atoms with Gasteiger partial charge in [-0.3, -0.25) is 18.7 Å². The fourth-order valence-electron chi connectivity index (χ4n) is 2.90. The molecule has 114 valence electrons. The molecule has 1 aliphatic rings. The van der Waals surface area contributed by atoms with Crippen LogP contribution in [0.15, 0.2) is 46.1 Å². The predicted molar refractivity (Wildman–Crippen MR) is 83.0 cm³/mol. The molecule has 0 spiro atoms. The molecule has 0 radical (unpaired) electrons. The summed E-state index contributed by atoms with van der Waals surface area (Å²) < 4.78 is 2.26. The minimum Gasteiger partial charge on any atom is -0.307 e. The van der Waals surface area contributed by atoms with Crippen LogP contribution >= 0.6 is 0 Å². The second kappa shape index (κ2) is 5.29. The normalized spacial score (nSPS) is 16.6. The van der Waals surface area contributed by atoms with Crippen molar-refractivity contribution in [3.05, 3.63) is 62.9 Å². The molecule has 1 unspecified atom stereocenters. The number of rotatable bonds is 2. The van der Waals surface area contributed by atoms with Crippen molar-refractivity contribution in [1.82, 2.24) is 9.13 Å². The Morgan fingerprint density at radius 3 is 2.73 bits per heavy atom. The van der Waals surface area contributed by atoms with Gasteiger partial charge < -0.3 is 4.90 Å². The van der Waals surface area contributed by atoms with Crippen LogP contribution in [0.4, 0.5) is 5.69 Å². The van der Waals surface area contributed by atoms with Crippen molar-refractivity contribution in [1.29, 1.82) is 0 Å². The first-order chi connectivity index (χ1) is 10.5. The molecule has 1 aliphatic heterocycles. The van der Waals surface area contributed by atoms with E-state index in [4.69, 9.17) is 0 Å². The highest BCUT2D eigenvalue weighted by Crippen LogP contribution is 2.31. The maximum atomic E-state index is 12.6. The fraction of sp³-hybridized carbons (Fsp3) is 0.312. The Kier molecular flexibility index (Phi) is 3.44. The summed E-state index contributed by atoms with van der Waals surface area (Å²) >= 11 is 0. The summed E-state index contributed by atoms with van der Waals surface area (Å²) in [6, 6.07) is 9.13. The van der Waals surface area contributed by atoms with Gasteiger partial charge in [-0.2, -0.15) is 0 Å². The number of amides is 1. The van der Waals surface area contributed by atoms with E-state index in [2.05, 4.69) is 0 Å². The first-order valence-corrected chi connectivity index (χ1v) is 7.15. The molecule has 1 amide bonds. The van der Waals surface area contributed by atoms with Gasteiger partial charge in [0.2, 0.25) is 5.91 Å². The van der Waals surface area contributed by atoms with Crippen LogP contribution in [0.2, 0.25) is 0 Å². The number of nitrogens with zero attached hydrogens (tertiary/aromatic N) is 3. The van der Waals surface area contributed by atoms with Crippen LogP contribution in [0.3, 0.4) is 0 Å². The second-order valence-electron chi connectivity index (χ2n) is 5.57. The zero-order valence-electron chi connectivity index (χ0n) is 12.5. The van der Waals surface area contributed by atoms with Gasteiger partial charge in [-0.25, -0.2) is 4.79 Å². The molecule has 22 heavy (non-hydrogen) atoms. The van der Waals surface area contributed by atoms with Crippen LogP contribution in [0.1, 0.15) is 12.5 Å². The predicted octanol–water partition coefficient (Wildman–Crippen LogP) is 0.525. The summed E-state index contributed by atoms with van der Waals surface area (Å²) in [7, 11) is 1.40. The van der Waals surface area contributed by atoms with E-state index in [9.17, 15) is 14.4 Å². The number of carbonyl (C=O) groups is 1. The molecule has 0 saturated carbocycles. The molecule has 1 aromatic carbocycles. The molecule has 0 saturated heterocycles. The Bertz CT molecular complexity index is 850. The first kappa shape index (κ1) is 14.3. The van der Waals surface area contributed by atoms with Crippen LogP contribution in [0.25, 0.3) is 0 Å². The summed E-state index contributed by atoms with van der Waals surface area (Å²) in [6.45, 7) is 1.91. The lowest BCUT2D eigenvalue weighted by atomic mass is 10.1. The lowest BCUT2D eigenvalue weighted by molar-refractivity contribution is -0.119. The fourth-order valence-corrected chi connectivity index (χ4v) is 2.90. The van der Waals surface area contributed by atoms with Crippen molar-refractivity contribution in [2.45, 2.75) is 25.9 Å². The van der Waals surface area contributed by atoms with Crippen molar-refractivity contribution in [2.24, 2.45) is 7.05 Å². The minimum absolute atomic E-state index is 0.0631. The summed E-state index contributed by atoms with van der Waals surface area (Å²) in [5.41, 5.74) is 1.17. The van der Waals surface area contributed by atoms with Crippen LogP contribution in [-0.4, -0.2) is 21.1 Å². The van der Waals surface area contributed by atoms with Crippen molar-refractivity contribution in [2.75, 3.05) is 4.90 Å². The Balaban J connectivity index is 1.92. The molecule has 2 aromatic rings. The van der Waals surface area contributed by atoms with Gasteiger partial charge in [-0.15, -0.1) is 0 Å². The summed E-state index contributed by atoms with van der Waals surface area (Å²) in [4.78, 5) is 37.8. The third kappa shape index (κ3) is 2.26. The molecular weight excluding hydrogens is 282 g/mol. The highest BCUT2D eigenvalue weighted by atomic mass is 16.2. The molecule has 6 heteroatoms. The van der Waals surface area contributed by atoms with Crippen LogP contribution in [-0.2, 0) is 24.8 Å². The van der Waals surface area contributed by atoms with Gasteiger partial charge in [0.05, 0.1) is 0 Å². The SMILES string of the molecule is CC1Cc2ccccc2N1C(=O)Cn1ccc(=O)n(C)c1=O. The van der Waals surface area contributed by atoms with Gasteiger partial charge in [0.25, 0.3) is 5.56 Å². The van der Waals surface area contributed by atoms with Gasteiger partial charge >= 0.3 is 5.69 Å². The molecule has 6 nitrogen and oxygen atoms in total. The number of aromatic nitrogens is 2. The molecule has 0 N–H and O–H groups in total. The topological polar surface area (TPSA) is 64.3 Å². The van der Waals surface area contributed by atoms with Crippen molar-refractivity contribution in [3.8, 4) is 0 Å². The highest BCUT2D eigenvalue weighted by molar-refractivity contribution is 5.96. The van der Waals surface area contributed by atoms with Gasteiger partial charge in [0.15, 0.2) is 0 Å². The standard InChI is InChI=1S/C16H17N3O3/c1-11-9-12-5-3-4-6-13(12)19(11)15(21)10-18-8-7-14(20)17(2)16(18)22/h3-8,11H,9-10H2,1-2H3. The largest absolute Gasteiger partial charge is 0.331 e. The van der Waals surface area contributed by atoms with E-state index in [1.807, 2.05) is 31.2 Å². The molecule has 0 aliphatic carbocycles. The molecular formula is C16H17N3O3. The van der Waals surface area contributed by atoms with E-state index >= 15 is 0 Å². The third-order valence-corrected chi connectivity index (χ3v) is 4.04. The third-order valence-electron chi connectivity index (χ3n) is 4.04. The van der Waals surface area contributed by atoms with E-state index in [0.717, 1.165) is 22.2 Å². The van der Waals surface area contributed by atoms with Crippen LogP contribution < -0.4 is 16.1 Å². The Morgan fingerprint density at radius 2 is 1.95 bits per heavy atom. The summed E-state index contributed by atoms with van der Waals surface area (Å²) in [6.07, 6.45) is 2.18. The maximum Gasteiger partial charge on any atom is 0.331 e. The number of fused-ring (bicyclic) bond motifs is 1. The number of hydrogen-bond donors (Lipinski definition) is 0. The first-order valence-electron chi connectivity index (χ1n) is 7.15. The molecule has 1 atom stereocenters. The quantitative estimate of drug-likeness (QED) is 0.812. The van der Waals surface area contributed by atoms with E-state index in [1.54, 1.807) is 4.90 Å². The molecule has 2 heterocycles. The van der Waals surface area contributed by atoms with E-state index in [1.165, 1.54) is 23.9 Å². The molecule has 0 fully saturated rings. The Hall–Kier alpha value is -2.63. The average Bonchev–Trinajstić information content (AvgIpc) is 2.83. The van der Waals surface area contributed by atoms with Crippen molar-refractivity contribution >= 4 is 11.6 Å². The van der Waals surface area contributed by atoms with Gasteiger partial charge in [-0.1, -0.05) is 18.2 Å². The van der Waals surface area contributed by atoms with Gasteiger partial charge in [0, 0.05) is 31.0 Å². The zero-order chi connectivity index (χ0) is 15.9. The lowest BCUT2D eigenvalue weighted by Crippen LogP contribution is -2.43. The average molecular weight is 299 g/mol. The second-order valence-corrected chi connectivity index (χ2v) is 5.57. The van der Waals surface area contributed by atoms with E-state index < -0.39 is 5.69 Å². The number of para-hydroxylation sites is 1. The van der Waals surface area contributed by atoms with Gasteiger partial charge in [-0.05, 0) is 25.0 Å². The number of benzene rings is 1. The van der Waals surface area contributed by atoms with Crippen molar-refractivity contribution in [3.63, 3.8) is 0 Å². The summed E-state index contributed by atoms with van der Waals surface area (Å²) in [5, 5.41) is 0. The number of carbonyl (C=O) groups excluding carboxylic acids is 1. The summed E-state index contributed by atoms with van der Waals surface area (Å²) in [5.74, 6) is -0.154. The minimum atomic E-state index is -0.485. The highest BCUT2D eigenvalue weighted by Gasteiger charge is 2.30. The molecule has 1 aromatic heterocycles. The Labute approximate surface area is 127 Å². The van der Waals surface area contributed by atoms with Gasteiger partial charge in [0.1, 0.15) is 6.54 Å². The monoisotopic (exact) mass is 299 g/mol. The molecule has 3 rings (SSSR count). The number of anilines is 1. The van der Waals surface area contributed by atoms with Crippen LogP contribution in [0.5, 0.6) is 0 Å². The van der Waals surface area contributed by atoms with Crippen LogP contribution in [0, 0.1) is 0 Å².